The molecule has 20 rings (SSSR count). The van der Waals surface area contributed by atoms with Crippen LogP contribution in [0.3, 0.4) is 0 Å². The van der Waals surface area contributed by atoms with E-state index in [-0.39, 0.29) is 13.4 Å². The van der Waals surface area contributed by atoms with Gasteiger partial charge >= 0.3 is 0 Å². The Bertz CT molecular complexity index is 5520. The predicted molar refractivity (Wildman–Crippen MR) is 443 cm³/mol. The highest BCUT2D eigenvalue weighted by molar-refractivity contribution is 8.01. The number of rotatable bonds is 13. The van der Waals surface area contributed by atoms with Gasteiger partial charge < -0.3 is 19.6 Å². The summed E-state index contributed by atoms with van der Waals surface area (Å²) < 4.78 is 0. The van der Waals surface area contributed by atoms with E-state index < -0.39 is 0 Å². The largest absolute Gasteiger partial charge is 0.311 e. The molecular weight excluding hydrogens is 1290 g/mol. The van der Waals surface area contributed by atoms with Crippen molar-refractivity contribution in [3.63, 3.8) is 0 Å². The lowest BCUT2D eigenvalue weighted by Crippen LogP contribution is -2.64. The summed E-state index contributed by atoms with van der Waals surface area (Å²) in [6.07, 6.45) is 0. The normalized spacial score (nSPS) is 12.7. The third-order valence-electron chi connectivity index (χ3n) is 21.1. The Kier molecular flexibility index (Phi) is 15.3. The molecule has 0 radical (unpaired) electrons. The van der Waals surface area contributed by atoms with Crippen molar-refractivity contribution in [3.8, 4) is 55.6 Å². The van der Waals surface area contributed by atoms with Gasteiger partial charge in [0.2, 0.25) is 13.4 Å². The number of hydrogen-bond donors (Lipinski definition) is 0. The van der Waals surface area contributed by atoms with Gasteiger partial charge in [0.1, 0.15) is 0 Å². The predicted octanol–water partition coefficient (Wildman–Crippen LogP) is 22.5. The van der Waals surface area contributed by atoms with Gasteiger partial charge in [-0.25, -0.2) is 0 Å². The van der Waals surface area contributed by atoms with Gasteiger partial charge in [0.15, 0.2) is 0 Å². The molecule has 0 saturated heterocycles. The van der Waals surface area contributed by atoms with Gasteiger partial charge in [0, 0.05) is 93.1 Å². The Hall–Kier alpha value is -12.5. The van der Waals surface area contributed by atoms with Crippen molar-refractivity contribution in [2.24, 2.45) is 0 Å². The van der Waals surface area contributed by atoms with E-state index in [9.17, 15) is 0 Å². The van der Waals surface area contributed by atoms with Gasteiger partial charge in [-0.1, -0.05) is 326 Å². The second-order valence-electron chi connectivity index (χ2n) is 26.9. The highest BCUT2D eigenvalue weighted by Gasteiger charge is 2.48. The van der Waals surface area contributed by atoms with E-state index in [0.717, 1.165) is 102 Å². The third kappa shape index (κ3) is 10.3. The monoisotopic (exact) mass is 1360 g/mol. The average Bonchev–Trinajstić information content (AvgIpc) is 0.683. The third-order valence-corrected chi connectivity index (χ3v) is 23.5. The highest BCUT2D eigenvalue weighted by atomic mass is 32.2. The molecule has 0 amide bonds. The molecule has 0 atom stereocenters. The van der Waals surface area contributed by atoms with Crippen LogP contribution >= 0.6 is 23.5 Å². The summed E-state index contributed by atoms with van der Waals surface area (Å²) in [5.74, 6) is 0. The van der Waals surface area contributed by atoms with Gasteiger partial charge in [0.05, 0.1) is 11.4 Å². The number of fused-ring (bicyclic) bond motifs is 8. The minimum absolute atomic E-state index is 0.205. The van der Waals surface area contributed by atoms with Crippen LogP contribution in [0.15, 0.2) is 408 Å². The minimum atomic E-state index is -0.205. The smallest absolute Gasteiger partial charge is 0.249 e. The fraction of sp³-hybridized carbons (Fsp3) is 0. The van der Waals surface area contributed by atoms with Crippen molar-refractivity contribution in [2.45, 2.75) is 19.6 Å². The van der Waals surface area contributed by atoms with Crippen LogP contribution in [0.1, 0.15) is 0 Å². The van der Waals surface area contributed by atoms with Gasteiger partial charge in [-0.15, -0.1) is 0 Å². The SMILES string of the molecule is c1ccc(-c2ccccc2N2c3ccccc3B3c4cc5c(c(-c6c(-c7ccccc7)cccc6-c6ccccc6)c4Sc4cc(N(c6ccccc6)c6ccccc6)cc2c43)Sc2cc(N(c3ccccc3)c3ccccc3)cc3c2B5c2ccccc2N3c2ccccc2-c2ccccc2)cc1. The molecule has 0 bridgehead atoms. The van der Waals surface area contributed by atoms with Crippen molar-refractivity contribution < 1.29 is 0 Å². The Balaban J connectivity index is 0.927. The highest BCUT2D eigenvalue weighted by Crippen LogP contribution is 2.56. The first-order valence-corrected chi connectivity index (χ1v) is 37.3. The zero-order valence-corrected chi connectivity index (χ0v) is 58.3. The van der Waals surface area contributed by atoms with E-state index in [0.29, 0.717) is 0 Å². The second-order valence-corrected chi connectivity index (χ2v) is 29.0. The standard InChI is InChI=1S/C96H64B2N4S2/c1-9-34-65(35-10-1)75-50-25-29-56-83(75)101-85-58-31-27-54-79(85)97-81-64-82-96(104-90-63-74(100(71-46-21-7-22-47-71)72-48-23-8-24-49-72)61-88-94(90)98(82)80-55-28-32-59-86(80)102(88)84-57-30-26-51-76(84)66-36-11-2-12-37-66)92(91-77(67-38-13-3-14-39-67)52-33-53-78(91)68-40-15-4-16-41-68)95(81)103-89-62-73(60-87(101)93(89)97)99(69-42-17-5-18-43-69)70-44-19-6-20-45-70/h1-64H. The van der Waals surface area contributed by atoms with Crippen molar-refractivity contribution in [3.05, 3.63) is 388 Å². The van der Waals surface area contributed by atoms with E-state index in [1.807, 2.05) is 23.5 Å². The minimum Gasteiger partial charge on any atom is -0.311 e. The lowest BCUT2D eigenvalue weighted by Gasteiger charge is -2.44. The Morgan fingerprint density at radius 3 is 0.856 bits per heavy atom. The molecule has 4 heterocycles. The van der Waals surface area contributed by atoms with Crippen LogP contribution in [0.2, 0.25) is 0 Å². The number of anilines is 12. The number of nitrogens with zero attached hydrogens (tertiary/aromatic N) is 4. The molecular formula is C96H64B2N4S2. The molecule has 0 spiro atoms. The van der Waals surface area contributed by atoms with Crippen LogP contribution in [0.25, 0.3) is 55.6 Å². The summed E-state index contributed by atoms with van der Waals surface area (Å²) in [6, 6.07) is 144. The quantitative estimate of drug-likeness (QED) is 0.106. The van der Waals surface area contributed by atoms with Crippen LogP contribution in [0.4, 0.5) is 68.2 Å². The maximum Gasteiger partial charge on any atom is 0.249 e. The second kappa shape index (κ2) is 25.9. The average molecular weight is 1360 g/mol. The summed E-state index contributed by atoms with van der Waals surface area (Å²) in [6.45, 7) is -0.411. The first kappa shape index (κ1) is 61.4. The first-order valence-electron chi connectivity index (χ1n) is 35.7. The molecule has 8 heteroatoms. The van der Waals surface area contributed by atoms with Crippen LogP contribution in [-0.2, 0) is 0 Å². The summed E-state index contributed by atoms with van der Waals surface area (Å²) >= 11 is 3.91. The summed E-state index contributed by atoms with van der Waals surface area (Å²) in [4.78, 5) is 15.0. The van der Waals surface area contributed by atoms with Gasteiger partial charge in [-0.3, -0.25) is 0 Å². The summed E-state index contributed by atoms with van der Waals surface area (Å²) in [7, 11) is 0. The van der Waals surface area contributed by atoms with Crippen molar-refractivity contribution >= 4 is 138 Å². The molecule has 0 aliphatic carbocycles. The molecule has 0 unspecified atom stereocenters. The fourth-order valence-corrected chi connectivity index (χ4v) is 19.5. The van der Waals surface area contributed by atoms with E-state index in [4.69, 9.17) is 0 Å². The molecule has 16 aromatic carbocycles. The Morgan fingerprint density at radius 1 is 0.212 bits per heavy atom. The van der Waals surface area contributed by atoms with Gasteiger partial charge in [0.25, 0.3) is 0 Å². The van der Waals surface area contributed by atoms with Crippen LogP contribution in [0.5, 0.6) is 0 Å². The number of benzene rings is 16. The van der Waals surface area contributed by atoms with E-state index in [2.05, 4.69) is 408 Å². The molecule has 0 fully saturated rings. The maximum atomic E-state index is 2.70. The van der Waals surface area contributed by atoms with Gasteiger partial charge in [-0.05, 0) is 158 Å². The molecule has 0 aromatic heterocycles. The number of hydrogen-bond acceptors (Lipinski definition) is 6. The zero-order valence-electron chi connectivity index (χ0n) is 56.7. The Labute approximate surface area is 616 Å². The van der Waals surface area contributed by atoms with Crippen molar-refractivity contribution in [1.29, 1.82) is 0 Å². The van der Waals surface area contributed by atoms with E-state index in [1.54, 1.807) is 0 Å². The molecule has 104 heavy (non-hydrogen) atoms. The van der Waals surface area contributed by atoms with Crippen molar-refractivity contribution in [1.82, 2.24) is 0 Å². The molecule has 16 aromatic rings. The number of para-hydroxylation sites is 8. The molecule has 4 nitrogen and oxygen atoms in total. The lowest BCUT2D eigenvalue weighted by molar-refractivity contribution is 1.22. The summed E-state index contributed by atoms with van der Waals surface area (Å²) in [5.41, 5.74) is 32.8. The van der Waals surface area contributed by atoms with Gasteiger partial charge in [-0.2, -0.15) is 0 Å². The van der Waals surface area contributed by atoms with Crippen LogP contribution < -0.4 is 52.4 Å². The van der Waals surface area contributed by atoms with Crippen molar-refractivity contribution in [2.75, 3.05) is 19.6 Å². The molecule has 4 aliphatic rings. The maximum absolute atomic E-state index is 2.70. The Morgan fingerprint density at radius 2 is 0.500 bits per heavy atom. The molecule has 0 N–H and O–H groups in total. The van der Waals surface area contributed by atoms with Crippen LogP contribution in [0, 0.1) is 0 Å². The fourth-order valence-electron chi connectivity index (χ4n) is 16.8. The van der Waals surface area contributed by atoms with E-state index in [1.165, 1.54) is 74.6 Å². The topological polar surface area (TPSA) is 13.0 Å². The lowest BCUT2D eigenvalue weighted by atomic mass is 9.31. The molecule has 0 saturated carbocycles. The van der Waals surface area contributed by atoms with E-state index >= 15 is 0 Å². The van der Waals surface area contributed by atoms with Crippen LogP contribution in [-0.4, -0.2) is 13.4 Å². The molecule has 486 valence electrons. The molecule has 4 aliphatic heterocycles. The first-order chi connectivity index (χ1) is 51.7. The summed E-state index contributed by atoms with van der Waals surface area (Å²) in [5, 5.41) is 0. The zero-order chi connectivity index (χ0) is 68.6.